The van der Waals surface area contributed by atoms with Crippen LogP contribution in [0.2, 0.25) is 0 Å². The summed E-state index contributed by atoms with van der Waals surface area (Å²) >= 11 is 0. The standard InChI is InChI=1S/C21H19F9N2O4S/c1-37(35,36)10-17(33)31-9-12-2-4-16(5-3-12)32-11-18(34,21(28,29)30)13-6-14(19(22,23)24)8-15(7-13)20(25,26)27/h2-8,32,34H,9-11H2,1H3,(H,31,33)/t18-/m1/s1. The minimum Gasteiger partial charge on any atom is -0.381 e. The zero-order valence-electron chi connectivity index (χ0n) is 18.6. The summed E-state index contributed by atoms with van der Waals surface area (Å²) in [6, 6.07) is 4.16. The normalized spacial score (nSPS) is 14.7. The summed E-state index contributed by atoms with van der Waals surface area (Å²) in [5.74, 6) is -1.58. The molecule has 0 aromatic heterocycles. The van der Waals surface area contributed by atoms with E-state index in [1.807, 2.05) is 0 Å². The van der Waals surface area contributed by atoms with Gasteiger partial charge in [-0.15, -0.1) is 0 Å². The van der Waals surface area contributed by atoms with Crippen molar-refractivity contribution in [3.63, 3.8) is 0 Å². The van der Waals surface area contributed by atoms with Crippen LogP contribution in [-0.2, 0) is 39.1 Å². The van der Waals surface area contributed by atoms with Crippen molar-refractivity contribution in [2.24, 2.45) is 0 Å². The molecule has 0 saturated carbocycles. The Bertz CT molecular complexity index is 1190. The summed E-state index contributed by atoms with van der Waals surface area (Å²) in [5.41, 5.74) is -9.58. The Hall–Kier alpha value is -3.01. The lowest BCUT2D eigenvalue weighted by atomic mass is 9.89. The quantitative estimate of drug-likeness (QED) is 0.416. The van der Waals surface area contributed by atoms with Crippen molar-refractivity contribution in [3.05, 3.63) is 64.7 Å². The van der Waals surface area contributed by atoms with Crippen LogP contribution in [0.4, 0.5) is 45.2 Å². The third kappa shape index (κ3) is 8.24. The van der Waals surface area contributed by atoms with Gasteiger partial charge in [-0.2, -0.15) is 39.5 Å². The van der Waals surface area contributed by atoms with Crippen molar-refractivity contribution in [3.8, 4) is 0 Å². The Kier molecular flexibility index (Phi) is 8.49. The van der Waals surface area contributed by atoms with Crippen LogP contribution in [0.15, 0.2) is 42.5 Å². The van der Waals surface area contributed by atoms with E-state index in [2.05, 4.69) is 10.6 Å². The molecule has 0 radical (unpaired) electrons. The molecule has 3 N–H and O–H groups in total. The van der Waals surface area contributed by atoms with Gasteiger partial charge >= 0.3 is 18.5 Å². The number of carbonyl (C=O) groups excluding carboxylic acids is 1. The third-order valence-corrected chi connectivity index (χ3v) is 5.71. The number of rotatable bonds is 8. The lowest BCUT2D eigenvalue weighted by Crippen LogP contribution is -2.48. The van der Waals surface area contributed by atoms with Crippen molar-refractivity contribution >= 4 is 21.4 Å². The van der Waals surface area contributed by atoms with Crippen LogP contribution in [-0.4, -0.2) is 44.2 Å². The lowest BCUT2D eigenvalue weighted by molar-refractivity contribution is -0.261. The fourth-order valence-corrected chi connectivity index (χ4v) is 3.60. The van der Waals surface area contributed by atoms with Gasteiger partial charge in [-0.05, 0) is 41.5 Å². The fourth-order valence-electron chi connectivity index (χ4n) is 3.02. The molecule has 0 spiro atoms. The first-order chi connectivity index (χ1) is 16.6. The number of nitrogens with one attached hydrogen (secondary N) is 2. The second-order valence-electron chi connectivity index (χ2n) is 8.05. The van der Waals surface area contributed by atoms with E-state index in [1.54, 1.807) is 0 Å². The van der Waals surface area contributed by atoms with E-state index in [0.29, 0.717) is 5.56 Å². The number of anilines is 1. The summed E-state index contributed by atoms with van der Waals surface area (Å²) in [5, 5.41) is 14.8. The smallest absolute Gasteiger partial charge is 0.381 e. The second-order valence-corrected chi connectivity index (χ2v) is 10.2. The van der Waals surface area contributed by atoms with E-state index in [4.69, 9.17) is 0 Å². The number of hydrogen-bond acceptors (Lipinski definition) is 5. The minimum absolute atomic E-state index is 0.100. The largest absolute Gasteiger partial charge is 0.423 e. The summed E-state index contributed by atoms with van der Waals surface area (Å²) in [4.78, 5) is 11.5. The Morgan fingerprint density at radius 2 is 1.30 bits per heavy atom. The van der Waals surface area contributed by atoms with Gasteiger partial charge in [0.2, 0.25) is 11.5 Å². The first-order valence-corrected chi connectivity index (χ1v) is 12.0. The van der Waals surface area contributed by atoms with Crippen LogP contribution < -0.4 is 10.6 Å². The molecule has 0 unspecified atom stereocenters. The van der Waals surface area contributed by atoms with Gasteiger partial charge in [-0.25, -0.2) is 8.42 Å². The number of halogens is 9. The highest BCUT2D eigenvalue weighted by atomic mass is 32.2. The van der Waals surface area contributed by atoms with E-state index in [-0.39, 0.29) is 30.4 Å². The number of hydrogen-bond donors (Lipinski definition) is 3. The first-order valence-electron chi connectivity index (χ1n) is 9.98. The van der Waals surface area contributed by atoms with Gasteiger partial charge in [0.05, 0.1) is 17.7 Å². The van der Waals surface area contributed by atoms with Crippen LogP contribution in [0, 0.1) is 0 Å². The van der Waals surface area contributed by atoms with Gasteiger partial charge in [0.25, 0.3) is 0 Å². The number of sulfone groups is 1. The number of alkyl halides is 9. The predicted octanol–water partition coefficient (Wildman–Crippen LogP) is 4.25. The Balaban J connectivity index is 2.29. The molecular weight excluding hydrogens is 547 g/mol. The molecule has 2 aromatic carbocycles. The highest BCUT2D eigenvalue weighted by Crippen LogP contribution is 2.44. The molecule has 0 heterocycles. The SMILES string of the molecule is CS(=O)(=O)CC(=O)NCc1ccc(NC[C@@](O)(c2cc(C(F)(F)F)cc(C(F)(F)F)c2)C(F)(F)F)cc1. The molecule has 2 rings (SSSR count). The molecule has 0 bridgehead atoms. The molecule has 37 heavy (non-hydrogen) atoms. The maximum Gasteiger partial charge on any atom is 0.423 e. The number of benzene rings is 2. The van der Waals surface area contributed by atoms with Gasteiger partial charge < -0.3 is 15.7 Å². The molecular formula is C21H19F9N2O4S. The Morgan fingerprint density at radius 1 is 0.838 bits per heavy atom. The highest BCUT2D eigenvalue weighted by Gasteiger charge is 2.56. The van der Waals surface area contributed by atoms with Gasteiger partial charge in [-0.1, -0.05) is 12.1 Å². The maximum atomic E-state index is 13.8. The van der Waals surface area contributed by atoms with Crippen molar-refractivity contribution in [2.45, 2.75) is 30.7 Å². The Morgan fingerprint density at radius 3 is 1.70 bits per heavy atom. The van der Waals surface area contributed by atoms with Gasteiger partial charge in [0.1, 0.15) is 5.75 Å². The minimum atomic E-state index is -5.68. The molecule has 0 aliphatic heterocycles. The van der Waals surface area contributed by atoms with Crippen LogP contribution in [0.1, 0.15) is 22.3 Å². The summed E-state index contributed by atoms with van der Waals surface area (Å²) < 4.78 is 142. The second kappa shape index (κ2) is 10.4. The van der Waals surface area contributed by atoms with E-state index >= 15 is 0 Å². The maximum absolute atomic E-state index is 13.8. The summed E-state index contributed by atoms with van der Waals surface area (Å²) in [7, 11) is -3.58. The van der Waals surface area contributed by atoms with Crippen LogP contribution in [0.25, 0.3) is 0 Å². The zero-order chi connectivity index (χ0) is 28.4. The molecule has 1 amide bonds. The zero-order valence-corrected chi connectivity index (χ0v) is 19.5. The van der Waals surface area contributed by atoms with E-state index < -0.39 is 68.9 Å². The average Bonchev–Trinajstić information content (AvgIpc) is 2.73. The Labute approximate surface area is 204 Å². The molecule has 0 saturated heterocycles. The molecule has 0 aliphatic rings. The molecule has 16 heteroatoms. The van der Waals surface area contributed by atoms with Gasteiger partial charge in [-0.3, -0.25) is 4.79 Å². The van der Waals surface area contributed by atoms with E-state index in [9.17, 15) is 57.8 Å². The lowest BCUT2D eigenvalue weighted by Gasteiger charge is -2.32. The van der Waals surface area contributed by atoms with Crippen LogP contribution >= 0.6 is 0 Å². The highest BCUT2D eigenvalue weighted by molar-refractivity contribution is 7.91. The molecule has 206 valence electrons. The fraction of sp³-hybridized carbons (Fsp3) is 0.381. The van der Waals surface area contributed by atoms with Crippen molar-refractivity contribution in [2.75, 3.05) is 23.9 Å². The summed E-state index contributed by atoms with van der Waals surface area (Å²) in [6.07, 6.45) is -15.7. The topological polar surface area (TPSA) is 95.5 Å². The van der Waals surface area contributed by atoms with Crippen molar-refractivity contribution in [1.29, 1.82) is 0 Å². The number of amides is 1. The number of carbonyl (C=O) groups is 1. The number of aliphatic hydroxyl groups is 1. The van der Waals surface area contributed by atoms with Crippen molar-refractivity contribution < 1.29 is 57.8 Å². The van der Waals surface area contributed by atoms with Gasteiger partial charge in [0, 0.05) is 18.5 Å². The molecule has 1 atom stereocenters. The van der Waals surface area contributed by atoms with Crippen LogP contribution in [0.3, 0.4) is 0 Å². The van der Waals surface area contributed by atoms with Crippen molar-refractivity contribution in [1.82, 2.24) is 5.32 Å². The first kappa shape index (κ1) is 30.2. The molecule has 0 fully saturated rings. The van der Waals surface area contributed by atoms with Gasteiger partial charge in [0.15, 0.2) is 9.84 Å². The van der Waals surface area contributed by atoms with Crippen LogP contribution in [0.5, 0.6) is 0 Å². The predicted molar refractivity (Wildman–Crippen MR) is 113 cm³/mol. The molecule has 2 aromatic rings. The summed E-state index contributed by atoms with van der Waals surface area (Å²) in [6.45, 7) is -1.69. The average molecular weight is 566 g/mol. The van der Waals surface area contributed by atoms with E-state index in [1.165, 1.54) is 24.3 Å². The molecule has 6 nitrogen and oxygen atoms in total. The monoisotopic (exact) mass is 566 g/mol. The van der Waals surface area contributed by atoms with E-state index in [0.717, 1.165) is 6.26 Å². The third-order valence-electron chi connectivity index (χ3n) is 4.92. The molecule has 0 aliphatic carbocycles.